The molecule has 17 rings (SSSR count). The second-order valence-corrected chi connectivity index (χ2v) is 20.4. The van der Waals surface area contributed by atoms with E-state index in [1.807, 2.05) is 12.1 Å². The van der Waals surface area contributed by atoms with Gasteiger partial charge in [0.15, 0.2) is 0 Å². The topological polar surface area (TPSA) is 19.7 Å². The molecule has 4 heterocycles. The van der Waals surface area contributed by atoms with E-state index in [0.29, 0.717) is 0 Å². The summed E-state index contributed by atoms with van der Waals surface area (Å²) in [7, 11) is 0. The van der Waals surface area contributed by atoms with Gasteiger partial charge in [-0.2, -0.15) is 0 Å². The van der Waals surface area contributed by atoms with Crippen LogP contribution < -0.4 is 0 Å². The van der Waals surface area contributed by atoms with Crippen molar-refractivity contribution in [2.45, 2.75) is 0 Å². The first-order valence-electron chi connectivity index (χ1n) is 26.1. The normalized spacial score (nSPS) is 12.1. The summed E-state index contributed by atoms with van der Waals surface area (Å²) >= 11 is 0. The van der Waals surface area contributed by atoms with Gasteiger partial charge in [-0.15, -0.1) is 0 Å². The van der Waals surface area contributed by atoms with Gasteiger partial charge in [0.05, 0.1) is 49.8 Å². The molecule has 0 unspecified atom stereocenters. The third kappa shape index (κ3) is 5.91. The Morgan fingerprint density at radius 1 is 0.197 bits per heavy atom. The minimum absolute atomic E-state index is 1.06. The number of aromatic nitrogens is 4. The van der Waals surface area contributed by atoms with Crippen molar-refractivity contribution in [2.75, 3.05) is 0 Å². The van der Waals surface area contributed by atoms with E-state index >= 15 is 0 Å². The van der Waals surface area contributed by atoms with E-state index in [0.717, 1.165) is 33.8 Å². The molecule has 0 atom stereocenters. The highest BCUT2D eigenvalue weighted by Gasteiger charge is 2.19. The van der Waals surface area contributed by atoms with Crippen LogP contribution in [-0.2, 0) is 0 Å². The summed E-state index contributed by atoms with van der Waals surface area (Å²) in [5, 5.41) is 19.1. The van der Waals surface area contributed by atoms with Crippen LogP contribution in [-0.4, -0.2) is 18.3 Å². The minimum atomic E-state index is 1.06. The molecule has 0 aliphatic heterocycles. The van der Waals surface area contributed by atoms with Crippen LogP contribution in [0.15, 0.2) is 255 Å². The lowest BCUT2D eigenvalue weighted by Gasteiger charge is -2.08. The molecular weight excluding hydrogens is 921 g/mol. The molecule has 0 radical (unpaired) electrons. The summed E-state index contributed by atoms with van der Waals surface area (Å²) in [6, 6.07) is 101. The van der Waals surface area contributed by atoms with Gasteiger partial charge in [-0.3, -0.25) is 0 Å². The van der Waals surface area contributed by atoms with Gasteiger partial charge in [-0.05, 0) is 189 Å². The van der Waals surface area contributed by atoms with Crippen LogP contribution in [0.3, 0.4) is 0 Å². The lowest BCUT2D eigenvalue weighted by molar-refractivity contribution is 1.18. The van der Waals surface area contributed by atoms with Gasteiger partial charge in [-0.25, -0.2) is 0 Å². The maximum absolute atomic E-state index is 3.24. The van der Waals surface area contributed by atoms with Crippen molar-refractivity contribution in [1.82, 2.24) is 18.3 Å². The molecule has 0 saturated carbocycles. The quantitative estimate of drug-likeness (QED) is 0.167. The van der Waals surface area contributed by atoms with Crippen molar-refractivity contribution in [3.05, 3.63) is 267 Å². The second-order valence-electron chi connectivity index (χ2n) is 20.4. The fourth-order valence-corrected chi connectivity index (χ4v) is 12.9. The molecule has 0 spiro atoms. The summed E-state index contributed by atoms with van der Waals surface area (Å²) in [4.78, 5) is 0. The number of para-hydroxylation sites is 3. The molecule has 16 bridgehead atoms. The second kappa shape index (κ2) is 15.6. The maximum Gasteiger partial charge on any atom is 0.0552 e. The van der Waals surface area contributed by atoms with Crippen molar-refractivity contribution in [2.24, 2.45) is 0 Å². The lowest BCUT2D eigenvalue weighted by Crippen LogP contribution is -1.93. The van der Waals surface area contributed by atoms with Crippen LogP contribution in [0.25, 0.3) is 153 Å². The Morgan fingerprint density at radius 3 is 0.632 bits per heavy atom. The van der Waals surface area contributed by atoms with E-state index in [1.54, 1.807) is 0 Å². The van der Waals surface area contributed by atoms with Crippen molar-refractivity contribution in [1.29, 1.82) is 0 Å². The Balaban J connectivity index is 1.04. The Morgan fingerprint density at radius 2 is 0.421 bits per heavy atom. The number of hydrogen-bond donors (Lipinski definition) is 0. The van der Waals surface area contributed by atoms with Gasteiger partial charge in [0.2, 0.25) is 0 Å². The fraction of sp³-hybridized carbons (Fsp3) is 0. The first-order chi connectivity index (χ1) is 37.7. The SMILES string of the molecule is c1ccc(-n2c3ccc4cc3c3cc(ccc32)c2ccc3c(c2)c2cc(ccc2n3-c2ccccc2)c2ccc3c(c2)c2cc(ccc2n3-c2ccccc2)c2ccc3c(c2)c2cc4ccc2n3-c2ccccc2)cc#1. The predicted molar refractivity (Wildman–Crippen MR) is 320 cm³/mol. The van der Waals surface area contributed by atoms with Crippen molar-refractivity contribution in [3.63, 3.8) is 0 Å². The van der Waals surface area contributed by atoms with Crippen molar-refractivity contribution >= 4 is 130 Å². The third-order valence-corrected chi connectivity index (χ3v) is 16.3. The summed E-state index contributed by atoms with van der Waals surface area (Å²) in [5.74, 6) is 0. The van der Waals surface area contributed by atoms with E-state index in [4.69, 9.17) is 0 Å². The number of rotatable bonds is 4. The van der Waals surface area contributed by atoms with Gasteiger partial charge in [0.1, 0.15) is 0 Å². The molecule has 0 aliphatic carbocycles. The first kappa shape index (κ1) is 41.2. The molecule has 0 N–H and O–H groups in total. The zero-order chi connectivity index (χ0) is 49.6. The van der Waals surface area contributed by atoms with E-state index < -0.39 is 0 Å². The number of hydrogen-bond acceptors (Lipinski definition) is 0. The summed E-state index contributed by atoms with van der Waals surface area (Å²) in [6.07, 6.45) is 0. The Hall–Kier alpha value is -10.3. The number of fused-ring (bicyclic) bond motifs is 12. The molecule has 0 amide bonds. The van der Waals surface area contributed by atoms with Gasteiger partial charge in [0.25, 0.3) is 0 Å². The molecule has 4 nitrogen and oxygen atoms in total. The average molecular weight is 963 g/mol. The summed E-state index contributed by atoms with van der Waals surface area (Å²) in [6.45, 7) is 0. The molecule has 17 aromatic rings. The van der Waals surface area contributed by atoms with E-state index in [1.165, 1.54) is 119 Å². The highest BCUT2D eigenvalue weighted by atomic mass is 15.0. The van der Waals surface area contributed by atoms with Gasteiger partial charge in [0, 0.05) is 66.2 Å². The van der Waals surface area contributed by atoms with Crippen molar-refractivity contribution in [3.8, 4) is 22.7 Å². The van der Waals surface area contributed by atoms with Crippen LogP contribution >= 0.6 is 0 Å². The molecule has 76 heavy (non-hydrogen) atoms. The Labute approximate surface area is 436 Å². The molecule has 13 aromatic carbocycles. The number of benzene rings is 11. The van der Waals surface area contributed by atoms with E-state index in [-0.39, 0.29) is 0 Å². The smallest absolute Gasteiger partial charge is 0.0552 e. The zero-order valence-electron chi connectivity index (χ0n) is 41.0. The first-order valence-corrected chi connectivity index (χ1v) is 26.1. The van der Waals surface area contributed by atoms with Crippen molar-refractivity contribution < 1.29 is 0 Å². The van der Waals surface area contributed by atoms with Gasteiger partial charge in [-0.1, -0.05) is 115 Å². The molecular formula is C72H42N4. The summed E-state index contributed by atoms with van der Waals surface area (Å²) in [5.41, 5.74) is 13.8. The van der Waals surface area contributed by atoms with Crippen LogP contribution in [0, 0.1) is 12.1 Å². The van der Waals surface area contributed by atoms with Gasteiger partial charge >= 0.3 is 0 Å². The molecule has 0 saturated heterocycles. The molecule has 4 aromatic heterocycles. The van der Waals surface area contributed by atoms with E-state index in [9.17, 15) is 0 Å². The Kier molecular flexibility index (Phi) is 8.44. The van der Waals surface area contributed by atoms with Crippen LogP contribution in [0.2, 0.25) is 0 Å². The van der Waals surface area contributed by atoms with Crippen LogP contribution in [0.5, 0.6) is 0 Å². The monoisotopic (exact) mass is 962 g/mol. The highest BCUT2D eigenvalue weighted by Crippen LogP contribution is 2.42. The maximum atomic E-state index is 3.24. The van der Waals surface area contributed by atoms with Crippen LogP contribution in [0.1, 0.15) is 0 Å². The highest BCUT2D eigenvalue weighted by molar-refractivity contribution is 6.20. The molecule has 0 fully saturated rings. The molecule has 0 aliphatic rings. The number of nitrogens with zero attached hydrogens (tertiary/aromatic N) is 4. The van der Waals surface area contributed by atoms with E-state index in [2.05, 4.69) is 273 Å². The van der Waals surface area contributed by atoms with Gasteiger partial charge < -0.3 is 18.3 Å². The Bertz CT molecular complexity index is 4390. The summed E-state index contributed by atoms with van der Waals surface area (Å²) < 4.78 is 9.64. The predicted octanol–water partition coefficient (Wildman–Crippen LogP) is 18.9. The standard InChI is InChI=1S/C72H42N4/c1-5-13-53(14-6-1)73-65-29-21-45-37-57(65)58-38-46(22-30-66(58)73)48-24-32-68-60(40-48)62-42-50(26-34-70(62)75(68)55-17-9-3-10-18-55)52-28-36-72-64(44-52)63-43-51(27-35-71(63)76(72)56-19-11-4-12-20-56)49-25-33-69-61(41-49)59-39-47(45)23-31-67(59)74(69)54-15-7-2-8-16-54/h1-3,5-11,13-44H. The molecule has 4 heteroatoms. The zero-order valence-corrected chi connectivity index (χ0v) is 41.0. The van der Waals surface area contributed by atoms with Crippen LogP contribution in [0.4, 0.5) is 0 Å². The molecule has 350 valence electrons. The fourth-order valence-electron chi connectivity index (χ4n) is 12.9. The average Bonchev–Trinajstić information content (AvgIpc) is 4.24. The minimum Gasteiger partial charge on any atom is -0.309 e. The largest absolute Gasteiger partial charge is 0.309 e. The third-order valence-electron chi connectivity index (χ3n) is 16.3. The lowest BCUT2D eigenvalue weighted by atomic mass is 10.0.